The van der Waals surface area contributed by atoms with Crippen molar-refractivity contribution >= 4 is 0 Å². The molecule has 0 aromatic heterocycles. The Bertz CT molecular complexity index is 674. The minimum atomic E-state index is -0.247. The average molecular weight is 384 g/mol. The molecule has 28 heavy (non-hydrogen) atoms. The molecular formula is C24H33NO3. The lowest BCUT2D eigenvalue weighted by atomic mass is 9.99. The van der Waals surface area contributed by atoms with Gasteiger partial charge in [-0.05, 0) is 55.3 Å². The highest BCUT2D eigenvalue weighted by Crippen LogP contribution is 2.20. The van der Waals surface area contributed by atoms with Crippen LogP contribution in [0.1, 0.15) is 37.7 Å². The molecule has 0 amide bonds. The maximum Gasteiger partial charge on any atom is 0.0716 e. The lowest BCUT2D eigenvalue weighted by Gasteiger charge is -2.36. The maximum atomic E-state index is 9.71. The van der Waals surface area contributed by atoms with Crippen molar-refractivity contribution in [3.8, 4) is 11.1 Å². The number of aliphatic hydroxyl groups excluding tert-OH is 2. The molecule has 1 aliphatic rings. The summed E-state index contributed by atoms with van der Waals surface area (Å²) < 4.78 is 5.83. The fraction of sp³-hybridized carbons (Fsp3) is 0.500. The zero-order chi connectivity index (χ0) is 19.6. The zero-order valence-electron chi connectivity index (χ0n) is 16.7. The van der Waals surface area contributed by atoms with Crippen molar-refractivity contribution in [1.82, 2.24) is 4.90 Å². The van der Waals surface area contributed by atoms with Crippen molar-refractivity contribution in [2.75, 3.05) is 26.3 Å². The Labute approximate surface area is 168 Å². The fourth-order valence-electron chi connectivity index (χ4n) is 3.87. The van der Waals surface area contributed by atoms with Crippen LogP contribution in [0, 0.1) is 0 Å². The fourth-order valence-corrected chi connectivity index (χ4v) is 3.87. The highest BCUT2D eigenvalue weighted by atomic mass is 16.5. The summed E-state index contributed by atoms with van der Waals surface area (Å²) in [5.41, 5.74) is 3.68. The van der Waals surface area contributed by atoms with Gasteiger partial charge in [0, 0.05) is 19.2 Å². The summed E-state index contributed by atoms with van der Waals surface area (Å²) in [5.74, 6) is 0. The van der Waals surface area contributed by atoms with E-state index >= 15 is 0 Å². The number of hydrogen-bond donors (Lipinski definition) is 2. The molecule has 1 aliphatic heterocycles. The molecule has 1 fully saturated rings. The van der Waals surface area contributed by atoms with Crippen LogP contribution in [0.3, 0.4) is 0 Å². The van der Waals surface area contributed by atoms with E-state index < -0.39 is 0 Å². The summed E-state index contributed by atoms with van der Waals surface area (Å²) in [7, 11) is 0. The van der Waals surface area contributed by atoms with E-state index in [-0.39, 0.29) is 18.8 Å². The van der Waals surface area contributed by atoms with Crippen molar-refractivity contribution in [3.05, 3.63) is 60.2 Å². The summed E-state index contributed by atoms with van der Waals surface area (Å²) in [5, 5.41) is 19.2. The van der Waals surface area contributed by atoms with Gasteiger partial charge in [-0.25, -0.2) is 0 Å². The molecule has 0 aliphatic carbocycles. The Morgan fingerprint density at radius 1 is 0.929 bits per heavy atom. The van der Waals surface area contributed by atoms with Gasteiger partial charge in [-0.3, -0.25) is 4.90 Å². The summed E-state index contributed by atoms with van der Waals surface area (Å²) in [4.78, 5) is 2.32. The first-order chi connectivity index (χ1) is 13.8. The van der Waals surface area contributed by atoms with E-state index in [1.54, 1.807) is 0 Å². The number of ether oxygens (including phenoxy) is 1. The van der Waals surface area contributed by atoms with Crippen molar-refractivity contribution in [2.24, 2.45) is 0 Å². The van der Waals surface area contributed by atoms with E-state index in [4.69, 9.17) is 4.74 Å². The first-order valence-corrected chi connectivity index (χ1v) is 10.5. The van der Waals surface area contributed by atoms with Crippen LogP contribution in [0.5, 0.6) is 0 Å². The normalized spacial score (nSPS) is 20.4. The highest BCUT2D eigenvalue weighted by Gasteiger charge is 2.26. The number of unbranched alkanes of at least 4 members (excludes halogenated alkanes) is 2. The lowest BCUT2D eigenvalue weighted by molar-refractivity contribution is 0.0160. The number of aliphatic hydroxyl groups is 2. The van der Waals surface area contributed by atoms with Gasteiger partial charge in [0.1, 0.15) is 0 Å². The molecule has 2 unspecified atom stereocenters. The predicted molar refractivity (Wildman–Crippen MR) is 113 cm³/mol. The van der Waals surface area contributed by atoms with E-state index in [1.807, 2.05) is 6.07 Å². The van der Waals surface area contributed by atoms with E-state index in [0.29, 0.717) is 13.0 Å². The molecule has 152 valence electrons. The van der Waals surface area contributed by atoms with Crippen LogP contribution >= 0.6 is 0 Å². The van der Waals surface area contributed by atoms with Gasteiger partial charge in [0.15, 0.2) is 0 Å². The zero-order valence-corrected chi connectivity index (χ0v) is 16.7. The molecule has 4 heteroatoms. The Morgan fingerprint density at radius 3 is 2.43 bits per heavy atom. The van der Waals surface area contributed by atoms with Crippen LogP contribution in [0.2, 0.25) is 0 Å². The van der Waals surface area contributed by atoms with Crippen molar-refractivity contribution in [1.29, 1.82) is 0 Å². The van der Waals surface area contributed by atoms with Gasteiger partial charge in [0.2, 0.25) is 0 Å². The third-order valence-electron chi connectivity index (χ3n) is 5.58. The van der Waals surface area contributed by atoms with Crippen LogP contribution in [-0.4, -0.2) is 53.6 Å². The first kappa shape index (κ1) is 21.0. The molecule has 1 saturated heterocycles. The van der Waals surface area contributed by atoms with Crippen LogP contribution in [0.15, 0.2) is 54.6 Å². The van der Waals surface area contributed by atoms with Gasteiger partial charge in [-0.2, -0.15) is 0 Å². The number of rotatable bonds is 10. The molecule has 1 heterocycles. The topological polar surface area (TPSA) is 52.9 Å². The molecule has 0 saturated carbocycles. The first-order valence-electron chi connectivity index (χ1n) is 10.5. The number of piperidine rings is 1. The second kappa shape index (κ2) is 11.3. The van der Waals surface area contributed by atoms with Crippen LogP contribution < -0.4 is 0 Å². The van der Waals surface area contributed by atoms with E-state index in [2.05, 4.69) is 53.4 Å². The van der Waals surface area contributed by atoms with E-state index in [1.165, 1.54) is 16.7 Å². The monoisotopic (exact) mass is 383 g/mol. The van der Waals surface area contributed by atoms with Crippen molar-refractivity contribution in [2.45, 2.75) is 50.9 Å². The Kier molecular flexibility index (Phi) is 8.49. The van der Waals surface area contributed by atoms with Crippen LogP contribution in [0.25, 0.3) is 11.1 Å². The summed E-state index contributed by atoms with van der Waals surface area (Å²) in [6, 6.07) is 19.1. The second-order valence-electron chi connectivity index (χ2n) is 7.73. The number of nitrogens with zero attached hydrogens (tertiary/aromatic N) is 1. The summed E-state index contributed by atoms with van der Waals surface area (Å²) in [6.07, 6.45) is 4.57. The van der Waals surface area contributed by atoms with Gasteiger partial charge in [0.05, 0.1) is 19.3 Å². The second-order valence-corrected chi connectivity index (χ2v) is 7.73. The van der Waals surface area contributed by atoms with Gasteiger partial charge < -0.3 is 14.9 Å². The minimum absolute atomic E-state index is 0.124. The number of hydrogen-bond acceptors (Lipinski definition) is 4. The van der Waals surface area contributed by atoms with E-state index in [9.17, 15) is 10.2 Å². The molecule has 0 radical (unpaired) electrons. The average Bonchev–Trinajstić information content (AvgIpc) is 2.75. The maximum absolute atomic E-state index is 9.71. The predicted octanol–water partition coefficient (Wildman–Crippen LogP) is 3.86. The van der Waals surface area contributed by atoms with Gasteiger partial charge in [0.25, 0.3) is 0 Å². The molecule has 4 nitrogen and oxygen atoms in total. The molecule has 3 rings (SSSR count). The molecule has 0 bridgehead atoms. The van der Waals surface area contributed by atoms with Gasteiger partial charge in [-0.1, -0.05) is 54.6 Å². The van der Waals surface area contributed by atoms with Crippen LogP contribution in [-0.2, 0) is 11.3 Å². The quantitative estimate of drug-likeness (QED) is 0.612. The summed E-state index contributed by atoms with van der Waals surface area (Å²) >= 11 is 0. The number of benzene rings is 2. The molecule has 2 atom stereocenters. The molecule has 2 aromatic rings. The standard InChI is InChI=1S/C24H33NO3/c26-18-23-17-24(27)13-15-25(23)14-5-2-6-16-28-19-20-9-11-22(12-10-20)21-7-3-1-4-8-21/h1,3-4,7-12,23-24,26-27H,2,5-6,13-19H2. The van der Waals surface area contributed by atoms with Gasteiger partial charge in [-0.15, -0.1) is 0 Å². The highest BCUT2D eigenvalue weighted by molar-refractivity contribution is 5.63. The Morgan fingerprint density at radius 2 is 1.68 bits per heavy atom. The van der Waals surface area contributed by atoms with Crippen molar-refractivity contribution in [3.63, 3.8) is 0 Å². The summed E-state index contributed by atoms with van der Waals surface area (Å²) in [6.45, 7) is 3.47. The third-order valence-corrected chi connectivity index (χ3v) is 5.58. The molecule has 0 spiro atoms. The van der Waals surface area contributed by atoms with Gasteiger partial charge >= 0.3 is 0 Å². The van der Waals surface area contributed by atoms with Crippen LogP contribution in [0.4, 0.5) is 0 Å². The molecule has 2 N–H and O–H groups in total. The van der Waals surface area contributed by atoms with E-state index in [0.717, 1.165) is 45.4 Å². The van der Waals surface area contributed by atoms with Crippen molar-refractivity contribution < 1.29 is 14.9 Å². The number of likely N-dealkylation sites (tertiary alicyclic amines) is 1. The SMILES string of the molecule is OCC1CC(O)CCN1CCCCCOCc1ccc(-c2ccccc2)cc1. The third kappa shape index (κ3) is 6.42. The molecule has 2 aromatic carbocycles. The Balaban J connectivity index is 1.28. The smallest absolute Gasteiger partial charge is 0.0716 e. The molecular weight excluding hydrogens is 350 g/mol. The minimum Gasteiger partial charge on any atom is -0.395 e. The lowest BCUT2D eigenvalue weighted by Crippen LogP contribution is -2.46. The largest absolute Gasteiger partial charge is 0.395 e. The Hall–Kier alpha value is -1.72.